The van der Waals surface area contributed by atoms with E-state index in [-0.39, 0.29) is 0 Å². The van der Waals surface area contributed by atoms with Gasteiger partial charge in [0.25, 0.3) is 0 Å². The summed E-state index contributed by atoms with van der Waals surface area (Å²) in [4.78, 5) is 14.1. The lowest BCUT2D eigenvalue weighted by Crippen LogP contribution is -2.31. The second kappa shape index (κ2) is 5.85. The highest BCUT2D eigenvalue weighted by Gasteiger charge is 2.21. The van der Waals surface area contributed by atoms with Gasteiger partial charge >= 0.3 is 0 Å². The number of aryl methyl sites for hydroxylation is 1. The summed E-state index contributed by atoms with van der Waals surface area (Å²) in [5.74, 6) is 0.290. The van der Waals surface area contributed by atoms with Crippen molar-refractivity contribution in [2.75, 3.05) is 11.4 Å². The number of anilines is 1. The van der Waals surface area contributed by atoms with Crippen LogP contribution in [-0.2, 0) is 11.2 Å². The zero-order valence-corrected chi connectivity index (χ0v) is 12.4. The first-order chi connectivity index (χ1) is 8.22. The van der Waals surface area contributed by atoms with Gasteiger partial charge in [-0.3, -0.25) is 4.79 Å². The fraction of sp³-hybridized carbons (Fsp3) is 0.500. The largest absolute Gasteiger partial charge is 0.312 e. The van der Waals surface area contributed by atoms with E-state index in [1.165, 1.54) is 9.13 Å². The molecule has 1 heterocycles. The van der Waals surface area contributed by atoms with Gasteiger partial charge in [0.2, 0.25) is 5.91 Å². The topological polar surface area (TPSA) is 20.3 Å². The highest BCUT2D eigenvalue weighted by Crippen LogP contribution is 2.28. The van der Waals surface area contributed by atoms with Crippen LogP contribution in [0, 0.1) is 3.57 Å². The van der Waals surface area contributed by atoms with Crippen LogP contribution in [0.25, 0.3) is 0 Å². The summed E-state index contributed by atoms with van der Waals surface area (Å²) < 4.78 is 1.26. The van der Waals surface area contributed by atoms with Crippen molar-refractivity contribution in [1.29, 1.82) is 0 Å². The van der Waals surface area contributed by atoms with Crippen molar-refractivity contribution in [2.24, 2.45) is 0 Å². The van der Waals surface area contributed by atoms with Crippen LogP contribution >= 0.6 is 22.6 Å². The lowest BCUT2D eigenvalue weighted by molar-refractivity contribution is -0.118. The molecule has 2 rings (SSSR count). The van der Waals surface area contributed by atoms with Gasteiger partial charge in [-0.1, -0.05) is 13.3 Å². The molecule has 0 bridgehead atoms. The van der Waals surface area contributed by atoms with E-state index >= 15 is 0 Å². The highest BCUT2D eigenvalue weighted by molar-refractivity contribution is 14.1. The van der Waals surface area contributed by atoms with Gasteiger partial charge < -0.3 is 4.90 Å². The van der Waals surface area contributed by atoms with Crippen molar-refractivity contribution in [1.82, 2.24) is 0 Å². The Kier molecular flexibility index (Phi) is 4.42. The van der Waals surface area contributed by atoms with Crippen LogP contribution in [0.1, 0.15) is 38.2 Å². The second-order valence-corrected chi connectivity index (χ2v) is 5.77. The monoisotopic (exact) mass is 343 g/mol. The smallest absolute Gasteiger partial charge is 0.226 e. The van der Waals surface area contributed by atoms with Crippen molar-refractivity contribution in [2.45, 2.75) is 39.0 Å². The average Bonchev–Trinajstić information content (AvgIpc) is 2.45. The van der Waals surface area contributed by atoms with E-state index in [0.717, 1.165) is 37.9 Å². The number of hydrogen-bond acceptors (Lipinski definition) is 1. The van der Waals surface area contributed by atoms with Gasteiger partial charge in [0.1, 0.15) is 0 Å². The Labute approximate surface area is 117 Å². The third-order valence-electron chi connectivity index (χ3n) is 3.21. The number of hydrogen-bond donors (Lipinski definition) is 0. The van der Waals surface area contributed by atoms with Crippen LogP contribution in [0.5, 0.6) is 0 Å². The Hall–Kier alpha value is -0.580. The lowest BCUT2D eigenvalue weighted by atomic mass is 10.1. The number of nitrogens with zero attached hydrogens (tertiary/aromatic N) is 1. The number of halogens is 1. The Balaban J connectivity index is 2.33. The Morgan fingerprint density at radius 3 is 2.94 bits per heavy atom. The molecule has 1 aliphatic heterocycles. The van der Waals surface area contributed by atoms with Gasteiger partial charge in [0, 0.05) is 22.2 Å². The second-order valence-electron chi connectivity index (χ2n) is 4.53. The molecular weight excluding hydrogens is 325 g/mol. The van der Waals surface area contributed by atoms with E-state index < -0.39 is 0 Å². The summed E-state index contributed by atoms with van der Waals surface area (Å²) >= 11 is 2.34. The maximum Gasteiger partial charge on any atom is 0.226 e. The molecule has 1 amide bonds. The minimum atomic E-state index is 0.290. The number of unbranched alkanes of at least 4 members (excludes halogenated alkanes) is 1. The Bertz CT molecular complexity index is 417. The first-order valence-electron chi connectivity index (χ1n) is 6.31. The van der Waals surface area contributed by atoms with Gasteiger partial charge in [-0.2, -0.15) is 0 Å². The number of benzene rings is 1. The average molecular weight is 343 g/mol. The van der Waals surface area contributed by atoms with Crippen LogP contribution in [0.15, 0.2) is 18.2 Å². The van der Waals surface area contributed by atoms with Crippen LogP contribution < -0.4 is 4.90 Å². The maximum absolute atomic E-state index is 12.1. The zero-order chi connectivity index (χ0) is 12.3. The van der Waals surface area contributed by atoms with Gasteiger partial charge in [-0.25, -0.2) is 0 Å². The molecule has 0 saturated carbocycles. The number of carbonyl (C=O) groups excluding carboxylic acids is 1. The van der Waals surface area contributed by atoms with Crippen molar-refractivity contribution in [3.63, 3.8) is 0 Å². The lowest BCUT2D eigenvalue weighted by Gasteiger charge is -2.23. The molecule has 0 atom stereocenters. The van der Waals surface area contributed by atoms with Gasteiger partial charge in [0.15, 0.2) is 0 Å². The molecule has 2 nitrogen and oxygen atoms in total. The maximum atomic E-state index is 12.1. The van der Waals surface area contributed by atoms with E-state index in [0.29, 0.717) is 12.3 Å². The fourth-order valence-corrected chi connectivity index (χ4v) is 2.83. The molecule has 0 spiro atoms. The van der Waals surface area contributed by atoms with Gasteiger partial charge in [-0.15, -0.1) is 0 Å². The normalized spacial score (nSPS) is 15.6. The predicted molar refractivity (Wildman–Crippen MR) is 79.4 cm³/mol. The Morgan fingerprint density at radius 2 is 2.18 bits per heavy atom. The summed E-state index contributed by atoms with van der Waals surface area (Å²) in [7, 11) is 0. The molecular formula is C14H18INO. The number of fused-ring (bicyclic) bond motifs is 1. The molecule has 0 aromatic heterocycles. The predicted octanol–water partition coefficient (Wildman–Crippen LogP) is 3.76. The molecule has 92 valence electrons. The van der Waals surface area contributed by atoms with E-state index in [9.17, 15) is 4.79 Å². The van der Waals surface area contributed by atoms with Gasteiger partial charge in [0.05, 0.1) is 0 Å². The first kappa shape index (κ1) is 12.9. The van der Waals surface area contributed by atoms with Crippen molar-refractivity contribution in [3.05, 3.63) is 27.3 Å². The first-order valence-corrected chi connectivity index (χ1v) is 7.39. The molecule has 0 fully saturated rings. The molecule has 0 aliphatic carbocycles. The number of rotatable bonds is 3. The summed E-state index contributed by atoms with van der Waals surface area (Å²) in [5.41, 5.74) is 2.47. The molecule has 1 aromatic carbocycles. The number of amides is 1. The third-order valence-corrected chi connectivity index (χ3v) is 3.88. The molecule has 1 aliphatic rings. The van der Waals surface area contributed by atoms with E-state index in [1.54, 1.807) is 0 Å². The molecule has 1 aromatic rings. The highest BCUT2D eigenvalue weighted by atomic mass is 127. The van der Waals surface area contributed by atoms with Gasteiger partial charge in [-0.05, 0) is 65.6 Å². The molecule has 0 saturated heterocycles. The standard InChI is InChI=1S/C14H18INO/c1-2-3-9-16-13-8-7-12(15)10-11(13)5-4-6-14(16)17/h7-8,10H,2-6,9H2,1H3. The summed E-state index contributed by atoms with van der Waals surface area (Å²) in [6, 6.07) is 6.42. The van der Waals surface area contributed by atoms with Crippen LogP contribution in [0.2, 0.25) is 0 Å². The van der Waals surface area contributed by atoms with E-state index in [1.807, 2.05) is 4.90 Å². The molecule has 17 heavy (non-hydrogen) atoms. The van der Waals surface area contributed by atoms with Crippen LogP contribution in [0.3, 0.4) is 0 Å². The minimum absolute atomic E-state index is 0.290. The van der Waals surface area contributed by atoms with Crippen molar-refractivity contribution < 1.29 is 4.79 Å². The van der Waals surface area contributed by atoms with E-state index in [4.69, 9.17) is 0 Å². The summed E-state index contributed by atoms with van der Waals surface area (Å²) in [5, 5.41) is 0. The SMILES string of the molecule is CCCCN1C(=O)CCCc2cc(I)ccc21. The quantitative estimate of drug-likeness (QED) is 0.766. The van der Waals surface area contributed by atoms with Crippen molar-refractivity contribution in [3.8, 4) is 0 Å². The molecule has 0 unspecified atom stereocenters. The Morgan fingerprint density at radius 1 is 1.35 bits per heavy atom. The molecule has 0 radical (unpaired) electrons. The molecule has 3 heteroatoms. The minimum Gasteiger partial charge on any atom is -0.312 e. The van der Waals surface area contributed by atoms with Crippen LogP contribution in [-0.4, -0.2) is 12.5 Å². The zero-order valence-electron chi connectivity index (χ0n) is 10.2. The summed E-state index contributed by atoms with van der Waals surface area (Å²) in [6.45, 7) is 3.03. The fourth-order valence-electron chi connectivity index (χ4n) is 2.28. The third kappa shape index (κ3) is 3.00. The number of carbonyl (C=O) groups is 1. The van der Waals surface area contributed by atoms with E-state index in [2.05, 4.69) is 47.7 Å². The van der Waals surface area contributed by atoms with Crippen molar-refractivity contribution >= 4 is 34.2 Å². The summed E-state index contributed by atoms with van der Waals surface area (Å²) in [6.07, 6.45) is 4.91. The molecule has 0 N–H and O–H groups in total. The van der Waals surface area contributed by atoms with Crippen LogP contribution in [0.4, 0.5) is 5.69 Å².